The zero-order chi connectivity index (χ0) is 17.8. The van der Waals surface area contributed by atoms with Crippen LogP contribution in [0.5, 0.6) is 0 Å². The van der Waals surface area contributed by atoms with Crippen LogP contribution in [0.15, 0.2) is 60.9 Å². The van der Waals surface area contributed by atoms with E-state index in [2.05, 4.69) is 39.7 Å². The van der Waals surface area contributed by atoms with E-state index >= 15 is 0 Å². The number of rotatable bonds is 3. The second kappa shape index (κ2) is 7.39. The summed E-state index contributed by atoms with van der Waals surface area (Å²) < 4.78 is 1.75. The van der Waals surface area contributed by atoms with E-state index in [0.717, 1.165) is 31.6 Å². The molecule has 0 atom stereocenters. The Bertz CT molecular complexity index is 863. The normalized spacial score (nSPS) is 13.8. The first kappa shape index (κ1) is 16.3. The molecule has 26 heavy (non-hydrogen) atoms. The lowest BCUT2D eigenvalue weighted by Gasteiger charge is -2.20. The Balaban J connectivity index is 1.39. The Kier molecular flexibility index (Phi) is 4.64. The van der Waals surface area contributed by atoms with Crippen molar-refractivity contribution in [2.24, 2.45) is 0 Å². The largest absolute Gasteiger partial charge is 0.331 e. The lowest BCUT2D eigenvalue weighted by atomic mass is 10.0. The fraction of sp³-hybridized carbons (Fsp3) is 0.250. The highest BCUT2D eigenvalue weighted by Gasteiger charge is 2.18. The van der Waals surface area contributed by atoms with Crippen LogP contribution in [-0.2, 0) is 19.4 Å². The molecule has 6 heteroatoms. The van der Waals surface area contributed by atoms with E-state index in [4.69, 9.17) is 0 Å². The van der Waals surface area contributed by atoms with Gasteiger partial charge in [-0.05, 0) is 36.1 Å². The lowest BCUT2D eigenvalue weighted by molar-refractivity contribution is 0.199. The van der Waals surface area contributed by atoms with Crippen molar-refractivity contribution in [2.45, 2.75) is 19.4 Å². The van der Waals surface area contributed by atoms with Gasteiger partial charge < -0.3 is 10.2 Å². The van der Waals surface area contributed by atoms with Crippen LogP contribution in [-0.4, -0.2) is 38.8 Å². The van der Waals surface area contributed by atoms with Crippen LogP contribution in [0.3, 0.4) is 0 Å². The van der Waals surface area contributed by atoms with Crippen LogP contribution >= 0.6 is 0 Å². The lowest BCUT2D eigenvalue weighted by Crippen LogP contribution is -2.41. The Morgan fingerprint density at radius 1 is 0.962 bits per heavy atom. The maximum absolute atomic E-state index is 12.6. The summed E-state index contributed by atoms with van der Waals surface area (Å²) in [6.07, 6.45) is 3.30. The van der Waals surface area contributed by atoms with E-state index in [1.54, 1.807) is 4.68 Å². The zero-order valence-corrected chi connectivity index (χ0v) is 14.5. The molecule has 0 saturated carbocycles. The summed E-state index contributed by atoms with van der Waals surface area (Å²) in [5.41, 5.74) is 3.61. The molecule has 0 radical (unpaired) electrons. The molecule has 4 rings (SSSR count). The van der Waals surface area contributed by atoms with E-state index in [0.29, 0.717) is 12.4 Å². The van der Waals surface area contributed by atoms with Crippen molar-refractivity contribution < 1.29 is 4.79 Å². The fourth-order valence-corrected chi connectivity index (χ4v) is 3.31. The van der Waals surface area contributed by atoms with Gasteiger partial charge in [0.2, 0.25) is 0 Å². The number of urea groups is 1. The second-order valence-corrected chi connectivity index (χ2v) is 6.34. The number of nitrogens with zero attached hydrogens (tertiary/aromatic N) is 4. The summed E-state index contributed by atoms with van der Waals surface area (Å²) in [6, 6.07) is 18.2. The molecule has 2 aromatic carbocycles. The average Bonchev–Trinajstić information content (AvgIpc) is 3.05. The quantitative estimate of drug-likeness (QED) is 0.792. The smallest absolute Gasteiger partial charge is 0.317 e. The molecule has 1 N–H and O–H groups in total. The third-order valence-corrected chi connectivity index (χ3v) is 4.72. The molecule has 0 bridgehead atoms. The molecule has 1 aliphatic rings. The molecule has 2 amide bonds. The molecule has 0 spiro atoms. The fourth-order valence-electron chi connectivity index (χ4n) is 3.31. The van der Waals surface area contributed by atoms with Gasteiger partial charge in [-0.2, -0.15) is 5.10 Å². The van der Waals surface area contributed by atoms with Gasteiger partial charge in [0.05, 0.1) is 12.2 Å². The molecule has 3 aromatic rings. The molecule has 0 fully saturated rings. The van der Waals surface area contributed by atoms with Gasteiger partial charge in [-0.1, -0.05) is 42.5 Å². The highest BCUT2D eigenvalue weighted by Crippen LogP contribution is 2.15. The number of carbonyl (C=O) groups is 1. The van der Waals surface area contributed by atoms with Gasteiger partial charge in [-0.3, -0.25) is 0 Å². The van der Waals surface area contributed by atoms with E-state index in [9.17, 15) is 4.79 Å². The summed E-state index contributed by atoms with van der Waals surface area (Å²) in [4.78, 5) is 18.8. The summed E-state index contributed by atoms with van der Waals surface area (Å²) in [5.74, 6) is 0.711. The van der Waals surface area contributed by atoms with Crippen molar-refractivity contribution in [1.82, 2.24) is 25.0 Å². The summed E-state index contributed by atoms with van der Waals surface area (Å²) in [5, 5.41) is 7.24. The van der Waals surface area contributed by atoms with E-state index in [-0.39, 0.29) is 6.03 Å². The minimum atomic E-state index is -0.0552. The third-order valence-electron chi connectivity index (χ3n) is 4.72. The number of hydrogen-bond acceptors (Lipinski definition) is 3. The van der Waals surface area contributed by atoms with Gasteiger partial charge in [0.15, 0.2) is 5.82 Å². The minimum Gasteiger partial charge on any atom is -0.331 e. The molecule has 6 nitrogen and oxygen atoms in total. The number of amides is 2. The van der Waals surface area contributed by atoms with Crippen LogP contribution in [0.2, 0.25) is 0 Å². The van der Waals surface area contributed by atoms with Crippen molar-refractivity contribution in [3.63, 3.8) is 0 Å². The first-order chi connectivity index (χ1) is 12.8. The number of nitrogens with one attached hydrogen (secondary N) is 1. The highest BCUT2D eigenvalue weighted by atomic mass is 16.2. The van der Waals surface area contributed by atoms with Gasteiger partial charge in [-0.25, -0.2) is 14.5 Å². The van der Waals surface area contributed by atoms with Crippen LogP contribution in [0.4, 0.5) is 4.79 Å². The number of fused-ring (bicyclic) bond motifs is 1. The standard InChI is InChI=1S/C20H21N5O/c26-20(24-12-10-16-6-4-5-7-17(16)11-13-24)21-14-19-22-15-23-25(19)18-8-2-1-3-9-18/h1-9,15H,10-14H2,(H,21,26). The van der Waals surface area contributed by atoms with Crippen LogP contribution in [0.25, 0.3) is 5.69 Å². The Hall–Kier alpha value is -3.15. The summed E-state index contributed by atoms with van der Waals surface area (Å²) >= 11 is 0. The van der Waals surface area contributed by atoms with Crippen molar-refractivity contribution in [2.75, 3.05) is 13.1 Å². The van der Waals surface area contributed by atoms with E-state index in [1.165, 1.54) is 17.5 Å². The maximum Gasteiger partial charge on any atom is 0.317 e. The van der Waals surface area contributed by atoms with Gasteiger partial charge in [0.1, 0.15) is 6.33 Å². The molecule has 1 aromatic heterocycles. The zero-order valence-electron chi connectivity index (χ0n) is 14.5. The molecule has 0 aliphatic carbocycles. The SMILES string of the molecule is O=C(NCc1ncnn1-c1ccccc1)N1CCc2ccccc2CC1. The molecular weight excluding hydrogens is 326 g/mol. The number of para-hydroxylation sites is 1. The predicted octanol–water partition coefficient (Wildman–Crippen LogP) is 2.58. The minimum absolute atomic E-state index is 0.0552. The maximum atomic E-state index is 12.6. The summed E-state index contributed by atoms with van der Waals surface area (Å²) in [6.45, 7) is 1.81. The molecule has 132 valence electrons. The first-order valence-corrected chi connectivity index (χ1v) is 8.85. The molecule has 2 heterocycles. The first-order valence-electron chi connectivity index (χ1n) is 8.85. The van der Waals surface area contributed by atoms with Gasteiger partial charge in [-0.15, -0.1) is 0 Å². The number of benzene rings is 2. The van der Waals surface area contributed by atoms with Gasteiger partial charge in [0, 0.05) is 13.1 Å². The summed E-state index contributed by atoms with van der Waals surface area (Å²) in [7, 11) is 0. The number of hydrogen-bond donors (Lipinski definition) is 1. The Labute approximate surface area is 152 Å². The van der Waals surface area contributed by atoms with Crippen molar-refractivity contribution >= 4 is 6.03 Å². The van der Waals surface area contributed by atoms with Gasteiger partial charge in [0.25, 0.3) is 0 Å². The average molecular weight is 347 g/mol. The van der Waals surface area contributed by atoms with Crippen LogP contribution in [0, 0.1) is 0 Å². The van der Waals surface area contributed by atoms with E-state index in [1.807, 2.05) is 35.2 Å². The Morgan fingerprint density at radius 3 is 2.31 bits per heavy atom. The van der Waals surface area contributed by atoms with Crippen molar-refractivity contribution in [3.05, 3.63) is 77.9 Å². The van der Waals surface area contributed by atoms with Crippen molar-refractivity contribution in [1.29, 1.82) is 0 Å². The highest BCUT2D eigenvalue weighted by molar-refractivity contribution is 5.74. The van der Waals surface area contributed by atoms with E-state index < -0.39 is 0 Å². The predicted molar refractivity (Wildman–Crippen MR) is 99.0 cm³/mol. The molecule has 0 unspecified atom stereocenters. The van der Waals surface area contributed by atoms with Crippen LogP contribution in [0.1, 0.15) is 17.0 Å². The topological polar surface area (TPSA) is 63.1 Å². The Morgan fingerprint density at radius 2 is 1.62 bits per heavy atom. The monoisotopic (exact) mass is 347 g/mol. The molecular formula is C20H21N5O. The van der Waals surface area contributed by atoms with Gasteiger partial charge >= 0.3 is 6.03 Å². The second-order valence-electron chi connectivity index (χ2n) is 6.34. The number of carbonyl (C=O) groups excluding carboxylic acids is 1. The van der Waals surface area contributed by atoms with Crippen LogP contribution < -0.4 is 5.32 Å². The van der Waals surface area contributed by atoms with Crippen molar-refractivity contribution in [3.8, 4) is 5.69 Å². The molecule has 1 aliphatic heterocycles. The molecule has 0 saturated heterocycles. The number of aromatic nitrogens is 3. The third kappa shape index (κ3) is 3.44.